The van der Waals surface area contributed by atoms with Crippen LogP contribution in [0.5, 0.6) is 0 Å². The van der Waals surface area contributed by atoms with Crippen molar-refractivity contribution in [2.45, 2.75) is 57.5 Å². The quantitative estimate of drug-likeness (QED) is 0.682. The van der Waals surface area contributed by atoms with Crippen LogP contribution in [-0.2, 0) is 4.79 Å². The van der Waals surface area contributed by atoms with Gasteiger partial charge in [0.15, 0.2) is 0 Å². The van der Waals surface area contributed by atoms with Gasteiger partial charge in [0.25, 0.3) is 0 Å². The summed E-state index contributed by atoms with van der Waals surface area (Å²) in [7, 11) is 0. The first-order chi connectivity index (χ1) is 6.70. The van der Waals surface area contributed by atoms with Crippen molar-refractivity contribution in [1.29, 1.82) is 0 Å². The van der Waals surface area contributed by atoms with Crippen molar-refractivity contribution in [3.05, 3.63) is 0 Å². The van der Waals surface area contributed by atoms with Gasteiger partial charge in [-0.15, -0.1) is 0 Å². The summed E-state index contributed by atoms with van der Waals surface area (Å²) in [6.07, 6.45) is 6.96. The molecule has 0 spiro atoms. The summed E-state index contributed by atoms with van der Waals surface area (Å²) in [6.45, 7) is 0. The molecule has 0 radical (unpaired) electrons. The first kappa shape index (κ1) is 11.5. The van der Waals surface area contributed by atoms with E-state index in [-0.39, 0.29) is 12.0 Å². The summed E-state index contributed by atoms with van der Waals surface area (Å²) in [5, 5.41) is 18.5. The lowest BCUT2D eigenvalue weighted by Crippen LogP contribution is -2.18. The average Bonchev–Trinajstić information content (AvgIpc) is 2.15. The van der Waals surface area contributed by atoms with E-state index in [0.717, 1.165) is 38.5 Å². The highest BCUT2D eigenvalue weighted by Crippen LogP contribution is 2.21. The van der Waals surface area contributed by atoms with Crippen molar-refractivity contribution in [3.63, 3.8) is 0 Å². The van der Waals surface area contributed by atoms with Crippen molar-refractivity contribution < 1.29 is 15.0 Å². The lowest BCUT2D eigenvalue weighted by atomic mass is 9.91. The third-order valence-corrected chi connectivity index (χ3v) is 3.04. The van der Waals surface area contributed by atoms with Crippen LogP contribution in [0.4, 0.5) is 0 Å². The first-order valence-corrected chi connectivity index (χ1v) is 5.61. The Bertz CT molecular complexity index is 179. The van der Waals surface area contributed by atoms with Crippen molar-refractivity contribution >= 4 is 5.97 Å². The highest BCUT2D eigenvalue weighted by Gasteiger charge is 2.19. The standard InChI is InChI=1S/C11H20O3/c12-10-6-4-2-1-3-5-9(7-8-10)11(13)14/h9-10,12H,1-8H2,(H,13,14). The Kier molecular flexibility index (Phi) is 4.94. The summed E-state index contributed by atoms with van der Waals surface area (Å²) >= 11 is 0. The number of aliphatic hydroxyl groups excluding tert-OH is 1. The van der Waals surface area contributed by atoms with Gasteiger partial charge in [-0.1, -0.05) is 25.7 Å². The van der Waals surface area contributed by atoms with Gasteiger partial charge in [0, 0.05) is 0 Å². The van der Waals surface area contributed by atoms with Crippen LogP contribution in [0.25, 0.3) is 0 Å². The zero-order chi connectivity index (χ0) is 10.4. The smallest absolute Gasteiger partial charge is 0.306 e. The second-order valence-corrected chi connectivity index (χ2v) is 4.26. The monoisotopic (exact) mass is 200 g/mol. The Morgan fingerprint density at radius 1 is 0.929 bits per heavy atom. The van der Waals surface area contributed by atoms with Crippen LogP contribution in [0, 0.1) is 5.92 Å². The topological polar surface area (TPSA) is 57.5 Å². The number of hydrogen-bond acceptors (Lipinski definition) is 2. The molecule has 0 bridgehead atoms. The van der Waals surface area contributed by atoms with Crippen molar-refractivity contribution in [1.82, 2.24) is 0 Å². The number of aliphatic carboxylic acids is 1. The molecule has 0 aromatic carbocycles. The normalized spacial score (nSPS) is 30.9. The van der Waals surface area contributed by atoms with Gasteiger partial charge in [-0.2, -0.15) is 0 Å². The third kappa shape index (κ3) is 4.09. The van der Waals surface area contributed by atoms with Crippen LogP contribution in [0.15, 0.2) is 0 Å². The van der Waals surface area contributed by atoms with E-state index in [1.807, 2.05) is 0 Å². The number of carboxylic acid groups (broad SMARTS) is 1. The predicted octanol–water partition coefficient (Wildman–Crippen LogP) is 2.18. The van der Waals surface area contributed by atoms with E-state index in [9.17, 15) is 9.90 Å². The molecule has 3 heteroatoms. The Morgan fingerprint density at radius 2 is 1.57 bits per heavy atom. The summed E-state index contributed by atoms with van der Waals surface area (Å²) in [5.41, 5.74) is 0. The van der Waals surface area contributed by atoms with Crippen LogP contribution in [0.2, 0.25) is 0 Å². The minimum Gasteiger partial charge on any atom is -0.481 e. The van der Waals surface area contributed by atoms with Crippen LogP contribution in [0.3, 0.4) is 0 Å². The largest absolute Gasteiger partial charge is 0.481 e. The molecule has 0 amide bonds. The van der Waals surface area contributed by atoms with Crippen LogP contribution >= 0.6 is 0 Å². The van der Waals surface area contributed by atoms with Gasteiger partial charge in [0.1, 0.15) is 0 Å². The predicted molar refractivity (Wildman–Crippen MR) is 54.1 cm³/mol. The van der Waals surface area contributed by atoms with Gasteiger partial charge in [-0.05, 0) is 25.7 Å². The molecule has 1 rings (SSSR count). The molecule has 2 unspecified atom stereocenters. The van der Waals surface area contributed by atoms with Gasteiger partial charge in [-0.25, -0.2) is 0 Å². The molecular weight excluding hydrogens is 180 g/mol. The SMILES string of the molecule is O=C(O)C1CCCCCCC(O)CC1. The molecule has 0 aromatic rings. The van der Waals surface area contributed by atoms with Crippen molar-refractivity contribution in [2.75, 3.05) is 0 Å². The maximum atomic E-state index is 10.8. The Hall–Kier alpha value is -0.570. The van der Waals surface area contributed by atoms with Gasteiger partial charge in [0.05, 0.1) is 12.0 Å². The molecule has 3 nitrogen and oxygen atoms in total. The molecule has 0 aliphatic heterocycles. The molecule has 2 atom stereocenters. The number of carboxylic acids is 1. The number of carbonyl (C=O) groups is 1. The van der Waals surface area contributed by atoms with E-state index < -0.39 is 5.97 Å². The maximum Gasteiger partial charge on any atom is 0.306 e. The summed E-state index contributed by atoms with van der Waals surface area (Å²) in [6, 6.07) is 0. The van der Waals surface area contributed by atoms with E-state index >= 15 is 0 Å². The molecule has 1 fully saturated rings. The zero-order valence-electron chi connectivity index (χ0n) is 8.61. The highest BCUT2D eigenvalue weighted by molar-refractivity contribution is 5.69. The first-order valence-electron chi connectivity index (χ1n) is 5.61. The molecule has 14 heavy (non-hydrogen) atoms. The second kappa shape index (κ2) is 6.02. The van der Waals surface area contributed by atoms with E-state index in [2.05, 4.69) is 0 Å². The van der Waals surface area contributed by atoms with Crippen LogP contribution in [-0.4, -0.2) is 22.3 Å². The molecular formula is C11H20O3. The van der Waals surface area contributed by atoms with Crippen LogP contribution in [0.1, 0.15) is 51.4 Å². The van der Waals surface area contributed by atoms with Gasteiger partial charge < -0.3 is 10.2 Å². The Balaban J connectivity index is 2.40. The summed E-state index contributed by atoms with van der Waals surface area (Å²) < 4.78 is 0. The fraction of sp³-hybridized carbons (Fsp3) is 0.909. The summed E-state index contributed by atoms with van der Waals surface area (Å²) in [5.74, 6) is -0.930. The molecule has 82 valence electrons. The molecule has 2 N–H and O–H groups in total. The van der Waals surface area contributed by atoms with Gasteiger partial charge in [-0.3, -0.25) is 4.79 Å². The van der Waals surface area contributed by atoms with E-state index in [1.54, 1.807) is 0 Å². The van der Waals surface area contributed by atoms with E-state index in [0.29, 0.717) is 12.8 Å². The van der Waals surface area contributed by atoms with Crippen LogP contribution < -0.4 is 0 Å². The van der Waals surface area contributed by atoms with E-state index in [1.165, 1.54) is 0 Å². The zero-order valence-corrected chi connectivity index (χ0v) is 8.61. The molecule has 0 heterocycles. The Morgan fingerprint density at radius 3 is 2.21 bits per heavy atom. The fourth-order valence-corrected chi connectivity index (χ4v) is 2.05. The number of hydrogen-bond donors (Lipinski definition) is 2. The molecule has 0 aromatic heterocycles. The number of aliphatic hydroxyl groups is 1. The number of rotatable bonds is 1. The third-order valence-electron chi connectivity index (χ3n) is 3.04. The van der Waals surface area contributed by atoms with Gasteiger partial charge in [0.2, 0.25) is 0 Å². The highest BCUT2D eigenvalue weighted by atomic mass is 16.4. The minimum atomic E-state index is -0.697. The summed E-state index contributed by atoms with van der Waals surface area (Å²) in [4.78, 5) is 10.8. The maximum absolute atomic E-state index is 10.8. The van der Waals surface area contributed by atoms with Crippen molar-refractivity contribution in [2.24, 2.45) is 5.92 Å². The molecule has 1 aliphatic carbocycles. The molecule has 1 aliphatic rings. The van der Waals surface area contributed by atoms with Crippen molar-refractivity contribution in [3.8, 4) is 0 Å². The lowest BCUT2D eigenvalue weighted by molar-refractivity contribution is -0.142. The minimum absolute atomic E-state index is 0.234. The van der Waals surface area contributed by atoms with Gasteiger partial charge >= 0.3 is 5.97 Å². The Labute approximate surface area is 85.1 Å². The molecule has 0 saturated heterocycles. The van der Waals surface area contributed by atoms with E-state index in [4.69, 9.17) is 5.11 Å². The lowest BCUT2D eigenvalue weighted by Gasteiger charge is -2.17. The molecule has 1 saturated carbocycles. The average molecular weight is 200 g/mol. The second-order valence-electron chi connectivity index (χ2n) is 4.26. The fourth-order valence-electron chi connectivity index (χ4n) is 2.05.